The Kier molecular flexibility index (Phi) is 4.62. The van der Waals surface area contributed by atoms with E-state index in [-0.39, 0.29) is 0 Å². The van der Waals surface area contributed by atoms with Gasteiger partial charge in [-0.3, -0.25) is 0 Å². The summed E-state index contributed by atoms with van der Waals surface area (Å²) in [5.74, 6) is 0. The predicted octanol–water partition coefficient (Wildman–Crippen LogP) is 4.61. The molecule has 0 fully saturated rings. The summed E-state index contributed by atoms with van der Waals surface area (Å²) in [6, 6.07) is 10.3. The lowest BCUT2D eigenvalue weighted by atomic mass is 10.1. The highest BCUT2D eigenvalue weighted by molar-refractivity contribution is 5.52. The first kappa shape index (κ1) is 11.5. The van der Waals surface area contributed by atoms with E-state index in [4.69, 9.17) is 0 Å². The molecular formula is C15H18. The summed E-state index contributed by atoms with van der Waals surface area (Å²) in [4.78, 5) is 0. The molecule has 0 aliphatic heterocycles. The molecule has 0 aliphatic carbocycles. The van der Waals surface area contributed by atoms with E-state index in [1.165, 1.54) is 16.7 Å². The Hall–Kier alpha value is -1.56. The van der Waals surface area contributed by atoms with Crippen molar-refractivity contribution in [3.63, 3.8) is 0 Å². The average Bonchev–Trinajstić information content (AvgIpc) is 2.25. The third-order valence-electron chi connectivity index (χ3n) is 2.02. The zero-order valence-corrected chi connectivity index (χ0v) is 9.70. The van der Waals surface area contributed by atoms with Crippen molar-refractivity contribution < 1.29 is 0 Å². The maximum absolute atomic E-state index is 2.13. The van der Waals surface area contributed by atoms with Gasteiger partial charge in [-0.25, -0.2) is 0 Å². The van der Waals surface area contributed by atoms with E-state index in [0.29, 0.717) is 0 Å². The SMILES string of the molecule is CC(C)=C/C=C(C)/C=C/c1ccccc1. The van der Waals surface area contributed by atoms with Crippen molar-refractivity contribution in [3.8, 4) is 0 Å². The summed E-state index contributed by atoms with van der Waals surface area (Å²) in [5.41, 5.74) is 3.82. The quantitative estimate of drug-likeness (QED) is 0.622. The lowest BCUT2D eigenvalue weighted by Gasteiger charge is -1.92. The van der Waals surface area contributed by atoms with Gasteiger partial charge in [0, 0.05) is 0 Å². The van der Waals surface area contributed by atoms with E-state index < -0.39 is 0 Å². The molecular weight excluding hydrogens is 180 g/mol. The standard InChI is InChI=1S/C15H18/c1-13(2)9-10-14(3)11-12-15-7-5-4-6-8-15/h4-12H,1-3H3/b12-11+,14-10+. The first-order chi connectivity index (χ1) is 7.18. The molecule has 0 unspecified atom stereocenters. The van der Waals surface area contributed by atoms with Crippen molar-refractivity contribution in [1.29, 1.82) is 0 Å². The summed E-state index contributed by atoms with van der Waals surface area (Å²) in [5, 5.41) is 0. The average molecular weight is 198 g/mol. The van der Waals surface area contributed by atoms with Gasteiger partial charge in [0.15, 0.2) is 0 Å². The van der Waals surface area contributed by atoms with E-state index in [1.54, 1.807) is 0 Å². The smallest absolute Gasteiger partial charge is 0.0257 e. The zero-order chi connectivity index (χ0) is 11.1. The Morgan fingerprint density at radius 2 is 1.60 bits per heavy atom. The highest BCUT2D eigenvalue weighted by Crippen LogP contribution is 2.05. The van der Waals surface area contributed by atoms with E-state index in [2.05, 4.69) is 69.3 Å². The summed E-state index contributed by atoms with van der Waals surface area (Å²) in [7, 11) is 0. The van der Waals surface area contributed by atoms with Crippen molar-refractivity contribution in [2.24, 2.45) is 0 Å². The minimum Gasteiger partial charge on any atom is -0.0764 e. The number of benzene rings is 1. The monoisotopic (exact) mass is 198 g/mol. The van der Waals surface area contributed by atoms with E-state index in [0.717, 1.165) is 0 Å². The molecule has 0 nitrogen and oxygen atoms in total. The van der Waals surface area contributed by atoms with Crippen LogP contribution in [0.4, 0.5) is 0 Å². The molecule has 0 aromatic heterocycles. The fraction of sp³-hybridized carbons (Fsp3) is 0.200. The molecule has 0 amide bonds. The van der Waals surface area contributed by atoms with Crippen molar-refractivity contribution in [2.75, 3.05) is 0 Å². The second-order valence-electron chi connectivity index (χ2n) is 3.90. The molecule has 1 aromatic rings. The lowest BCUT2D eigenvalue weighted by molar-refractivity contribution is 1.38. The van der Waals surface area contributed by atoms with Gasteiger partial charge in [0.2, 0.25) is 0 Å². The molecule has 0 radical (unpaired) electrons. The molecule has 0 N–H and O–H groups in total. The molecule has 0 bridgehead atoms. The van der Waals surface area contributed by atoms with Crippen molar-refractivity contribution in [2.45, 2.75) is 20.8 Å². The van der Waals surface area contributed by atoms with Crippen LogP contribution in [0.25, 0.3) is 6.08 Å². The van der Waals surface area contributed by atoms with Crippen LogP contribution < -0.4 is 0 Å². The van der Waals surface area contributed by atoms with Crippen LogP contribution in [0.1, 0.15) is 26.3 Å². The van der Waals surface area contributed by atoms with Crippen LogP contribution in [-0.4, -0.2) is 0 Å². The van der Waals surface area contributed by atoms with Crippen LogP contribution in [0.2, 0.25) is 0 Å². The molecule has 1 aromatic carbocycles. The fourth-order valence-corrected chi connectivity index (χ4v) is 1.15. The van der Waals surface area contributed by atoms with Crippen molar-refractivity contribution in [1.82, 2.24) is 0 Å². The molecule has 0 saturated heterocycles. The maximum atomic E-state index is 2.13. The van der Waals surface area contributed by atoms with Crippen LogP contribution in [0, 0.1) is 0 Å². The molecule has 0 saturated carbocycles. The Morgan fingerprint density at radius 3 is 2.20 bits per heavy atom. The maximum Gasteiger partial charge on any atom is -0.0257 e. The van der Waals surface area contributed by atoms with E-state index >= 15 is 0 Å². The van der Waals surface area contributed by atoms with Crippen LogP contribution in [0.15, 0.2) is 59.7 Å². The summed E-state index contributed by atoms with van der Waals surface area (Å²) < 4.78 is 0. The first-order valence-electron chi connectivity index (χ1n) is 5.23. The predicted molar refractivity (Wildman–Crippen MR) is 68.7 cm³/mol. The normalized spacial score (nSPS) is 11.8. The molecule has 1 rings (SSSR count). The molecule has 0 spiro atoms. The van der Waals surface area contributed by atoms with Crippen LogP contribution in [-0.2, 0) is 0 Å². The lowest BCUT2D eigenvalue weighted by Crippen LogP contribution is -1.71. The van der Waals surface area contributed by atoms with Gasteiger partial charge in [-0.1, -0.05) is 65.8 Å². The van der Waals surface area contributed by atoms with Gasteiger partial charge >= 0.3 is 0 Å². The molecule has 15 heavy (non-hydrogen) atoms. The van der Waals surface area contributed by atoms with Gasteiger partial charge in [-0.2, -0.15) is 0 Å². The Bertz CT molecular complexity index is 374. The molecule has 0 aliphatic rings. The van der Waals surface area contributed by atoms with Crippen LogP contribution >= 0.6 is 0 Å². The minimum atomic E-state index is 1.24. The van der Waals surface area contributed by atoms with E-state index in [9.17, 15) is 0 Å². The second-order valence-corrected chi connectivity index (χ2v) is 3.90. The molecule has 0 atom stereocenters. The van der Waals surface area contributed by atoms with Gasteiger partial charge < -0.3 is 0 Å². The number of hydrogen-bond acceptors (Lipinski definition) is 0. The van der Waals surface area contributed by atoms with Gasteiger partial charge in [-0.15, -0.1) is 0 Å². The Morgan fingerprint density at radius 1 is 0.933 bits per heavy atom. The highest BCUT2D eigenvalue weighted by atomic mass is 13.9. The van der Waals surface area contributed by atoms with Crippen molar-refractivity contribution >= 4 is 6.08 Å². The zero-order valence-electron chi connectivity index (χ0n) is 9.70. The Balaban J connectivity index is 2.66. The van der Waals surface area contributed by atoms with Crippen molar-refractivity contribution in [3.05, 3.63) is 65.3 Å². The largest absolute Gasteiger partial charge is 0.0764 e. The van der Waals surface area contributed by atoms with Gasteiger partial charge in [0.05, 0.1) is 0 Å². The molecule has 0 heteroatoms. The van der Waals surface area contributed by atoms with Gasteiger partial charge in [-0.05, 0) is 26.3 Å². The third-order valence-corrected chi connectivity index (χ3v) is 2.02. The summed E-state index contributed by atoms with van der Waals surface area (Å²) >= 11 is 0. The third kappa shape index (κ3) is 5.02. The highest BCUT2D eigenvalue weighted by Gasteiger charge is 1.83. The van der Waals surface area contributed by atoms with Crippen LogP contribution in [0.5, 0.6) is 0 Å². The fourth-order valence-electron chi connectivity index (χ4n) is 1.15. The van der Waals surface area contributed by atoms with Crippen LogP contribution in [0.3, 0.4) is 0 Å². The second kappa shape index (κ2) is 6.02. The van der Waals surface area contributed by atoms with E-state index in [1.807, 2.05) is 6.07 Å². The summed E-state index contributed by atoms with van der Waals surface area (Å²) in [6.07, 6.45) is 8.53. The first-order valence-corrected chi connectivity index (χ1v) is 5.23. The number of rotatable bonds is 3. The van der Waals surface area contributed by atoms with Gasteiger partial charge in [0.25, 0.3) is 0 Å². The number of hydrogen-bond donors (Lipinski definition) is 0. The summed E-state index contributed by atoms with van der Waals surface area (Å²) in [6.45, 7) is 6.31. The molecule has 78 valence electrons. The van der Waals surface area contributed by atoms with Gasteiger partial charge in [0.1, 0.15) is 0 Å². The Labute approximate surface area is 92.6 Å². The topological polar surface area (TPSA) is 0 Å². The number of allylic oxidation sites excluding steroid dienone is 5. The molecule has 0 heterocycles. The minimum absolute atomic E-state index is 1.24.